The monoisotopic (exact) mass is 386 g/mol. The number of carbonyl (C=O) groups excluding carboxylic acids is 2. The Hall–Kier alpha value is -2.41. The molecule has 1 saturated carbocycles. The molecule has 0 bridgehead atoms. The zero-order valence-electron chi connectivity index (χ0n) is 17.0. The molecule has 28 heavy (non-hydrogen) atoms. The van der Waals surface area contributed by atoms with Gasteiger partial charge in [0.1, 0.15) is 0 Å². The van der Waals surface area contributed by atoms with Crippen LogP contribution >= 0.6 is 0 Å². The standard InChI is InChI=1S/C21H30N4O3/c1-5-17(26)13(2)19(27)22-12-14-11-18(21(14,3)4)24-20(28)15-7-6-10-25-16(15)8-9-23-25/h6-10,13-14,17-18,26H,5,11-12H2,1-4H3,(H,22,27)(H,24,28). The Morgan fingerprint density at radius 2 is 2.14 bits per heavy atom. The molecule has 2 aromatic heterocycles. The number of aliphatic hydroxyl groups excluding tert-OH is 1. The number of hydrogen-bond acceptors (Lipinski definition) is 4. The summed E-state index contributed by atoms with van der Waals surface area (Å²) in [6.45, 7) is 8.39. The lowest BCUT2D eigenvalue weighted by Gasteiger charge is -2.52. The second-order valence-electron chi connectivity index (χ2n) is 8.37. The first-order valence-corrected chi connectivity index (χ1v) is 9.94. The van der Waals surface area contributed by atoms with Gasteiger partial charge in [-0.25, -0.2) is 4.52 Å². The topological polar surface area (TPSA) is 95.7 Å². The van der Waals surface area contributed by atoms with E-state index < -0.39 is 12.0 Å². The van der Waals surface area contributed by atoms with Crippen LogP contribution in [0.4, 0.5) is 0 Å². The molecule has 152 valence electrons. The molecule has 0 saturated heterocycles. The number of aliphatic hydroxyl groups is 1. The molecule has 2 heterocycles. The molecule has 1 aliphatic carbocycles. The summed E-state index contributed by atoms with van der Waals surface area (Å²) in [6, 6.07) is 5.48. The largest absolute Gasteiger partial charge is 0.392 e. The van der Waals surface area contributed by atoms with Gasteiger partial charge in [0.15, 0.2) is 0 Å². The van der Waals surface area contributed by atoms with Crippen LogP contribution in [-0.4, -0.2) is 45.2 Å². The van der Waals surface area contributed by atoms with Gasteiger partial charge in [0.2, 0.25) is 5.91 Å². The third-order valence-corrected chi connectivity index (χ3v) is 6.39. The summed E-state index contributed by atoms with van der Waals surface area (Å²) in [5.41, 5.74) is 1.26. The minimum atomic E-state index is -0.618. The van der Waals surface area contributed by atoms with Gasteiger partial charge in [0, 0.05) is 18.8 Å². The lowest BCUT2D eigenvalue weighted by molar-refractivity contribution is -0.128. The molecule has 4 atom stereocenters. The summed E-state index contributed by atoms with van der Waals surface area (Å²) in [4.78, 5) is 25.0. The Morgan fingerprint density at radius 3 is 2.82 bits per heavy atom. The van der Waals surface area contributed by atoms with E-state index >= 15 is 0 Å². The average Bonchev–Trinajstić information content (AvgIpc) is 3.17. The number of pyridine rings is 1. The van der Waals surface area contributed by atoms with E-state index in [1.165, 1.54) is 0 Å². The molecule has 7 heteroatoms. The first kappa shape index (κ1) is 20.3. The van der Waals surface area contributed by atoms with Crippen LogP contribution in [0, 0.1) is 17.3 Å². The maximum atomic E-state index is 12.8. The Morgan fingerprint density at radius 1 is 1.39 bits per heavy atom. The Bertz CT molecular complexity index is 860. The maximum absolute atomic E-state index is 12.8. The zero-order chi connectivity index (χ0) is 20.5. The molecule has 0 spiro atoms. The number of nitrogens with zero attached hydrogens (tertiary/aromatic N) is 2. The van der Waals surface area contributed by atoms with E-state index in [9.17, 15) is 14.7 Å². The molecule has 1 aliphatic rings. The van der Waals surface area contributed by atoms with Crippen LogP contribution in [0.2, 0.25) is 0 Å². The molecule has 0 aromatic carbocycles. The van der Waals surface area contributed by atoms with Crippen molar-refractivity contribution in [1.82, 2.24) is 20.2 Å². The van der Waals surface area contributed by atoms with Crippen LogP contribution in [0.5, 0.6) is 0 Å². The predicted octanol–water partition coefficient (Wildman–Crippen LogP) is 2.00. The minimum absolute atomic E-state index is 0.0451. The molecule has 2 aromatic rings. The van der Waals surface area contributed by atoms with Crippen LogP contribution in [0.15, 0.2) is 30.6 Å². The smallest absolute Gasteiger partial charge is 0.253 e. The zero-order valence-corrected chi connectivity index (χ0v) is 17.0. The Balaban J connectivity index is 1.56. The Kier molecular flexibility index (Phi) is 5.74. The fourth-order valence-electron chi connectivity index (χ4n) is 3.90. The lowest BCUT2D eigenvalue weighted by Crippen LogP contribution is -2.61. The van der Waals surface area contributed by atoms with Crippen molar-refractivity contribution in [3.05, 3.63) is 36.2 Å². The second-order valence-corrected chi connectivity index (χ2v) is 8.37. The van der Waals surface area contributed by atoms with Crippen molar-refractivity contribution in [2.45, 2.75) is 52.7 Å². The minimum Gasteiger partial charge on any atom is -0.392 e. The van der Waals surface area contributed by atoms with Crippen LogP contribution in [-0.2, 0) is 4.79 Å². The first-order chi connectivity index (χ1) is 13.3. The molecule has 2 amide bonds. The van der Waals surface area contributed by atoms with E-state index in [2.05, 4.69) is 29.6 Å². The van der Waals surface area contributed by atoms with Crippen molar-refractivity contribution in [3.63, 3.8) is 0 Å². The highest BCUT2D eigenvalue weighted by Gasteiger charge is 2.48. The summed E-state index contributed by atoms with van der Waals surface area (Å²) in [7, 11) is 0. The number of hydrogen-bond donors (Lipinski definition) is 3. The van der Waals surface area contributed by atoms with Crippen molar-refractivity contribution in [2.75, 3.05) is 6.54 Å². The van der Waals surface area contributed by atoms with Gasteiger partial charge in [0.05, 0.1) is 29.3 Å². The fourth-order valence-corrected chi connectivity index (χ4v) is 3.90. The molecule has 0 aliphatic heterocycles. The van der Waals surface area contributed by atoms with Gasteiger partial charge in [-0.2, -0.15) is 5.10 Å². The summed E-state index contributed by atoms with van der Waals surface area (Å²) in [6.07, 6.45) is 4.24. The van der Waals surface area contributed by atoms with Gasteiger partial charge in [0.25, 0.3) is 5.91 Å². The van der Waals surface area contributed by atoms with Gasteiger partial charge >= 0.3 is 0 Å². The predicted molar refractivity (Wildman–Crippen MR) is 107 cm³/mol. The molecule has 3 rings (SSSR count). The van der Waals surface area contributed by atoms with Crippen molar-refractivity contribution in [2.24, 2.45) is 17.3 Å². The number of fused-ring (bicyclic) bond motifs is 1. The average molecular weight is 386 g/mol. The van der Waals surface area contributed by atoms with E-state index in [0.29, 0.717) is 18.5 Å². The fraction of sp³-hybridized carbons (Fsp3) is 0.571. The first-order valence-electron chi connectivity index (χ1n) is 9.94. The van der Waals surface area contributed by atoms with Gasteiger partial charge < -0.3 is 15.7 Å². The summed E-state index contributed by atoms with van der Waals surface area (Å²) < 4.78 is 1.69. The van der Waals surface area contributed by atoms with Gasteiger partial charge in [-0.05, 0) is 42.4 Å². The number of carbonyl (C=O) groups is 2. The van der Waals surface area contributed by atoms with Crippen molar-refractivity contribution in [3.8, 4) is 0 Å². The molecule has 4 unspecified atom stereocenters. The van der Waals surface area contributed by atoms with Crippen LogP contribution in [0.3, 0.4) is 0 Å². The molecule has 7 nitrogen and oxygen atoms in total. The number of nitrogens with one attached hydrogen (secondary N) is 2. The highest BCUT2D eigenvalue weighted by atomic mass is 16.3. The number of aromatic nitrogens is 2. The number of rotatable bonds is 7. The maximum Gasteiger partial charge on any atom is 0.253 e. The molecular weight excluding hydrogens is 356 g/mol. The molecular formula is C21H30N4O3. The highest BCUT2D eigenvalue weighted by Crippen LogP contribution is 2.46. The SMILES string of the molecule is CCC(O)C(C)C(=O)NCC1CC(NC(=O)c2cccn3nccc23)C1(C)C. The van der Waals surface area contributed by atoms with Crippen molar-refractivity contribution >= 4 is 17.3 Å². The number of amides is 2. The third-order valence-electron chi connectivity index (χ3n) is 6.39. The van der Waals surface area contributed by atoms with Gasteiger partial charge in [-0.1, -0.05) is 27.7 Å². The van der Waals surface area contributed by atoms with Gasteiger partial charge in [-0.15, -0.1) is 0 Å². The molecule has 0 radical (unpaired) electrons. The van der Waals surface area contributed by atoms with Crippen LogP contribution in [0.25, 0.3) is 5.52 Å². The van der Waals surface area contributed by atoms with Crippen LogP contribution in [0.1, 0.15) is 50.9 Å². The van der Waals surface area contributed by atoms with E-state index in [1.54, 1.807) is 23.7 Å². The highest BCUT2D eigenvalue weighted by molar-refractivity contribution is 6.00. The summed E-state index contributed by atoms with van der Waals surface area (Å²) in [5, 5.41) is 20.1. The Labute approximate surface area is 165 Å². The van der Waals surface area contributed by atoms with E-state index in [1.807, 2.05) is 25.3 Å². The quantitative estimate of drug-likeness (QED) is 0.678. The van der Waals surface area contributed by atoms with E-state index in [4.69, 9.17) is 0 Å². The van der Waals surface area contributed by atoms with Crippen LogP contribution < -0.4 is 10.6 Å². The lowest BCUT2D eigenvalue weighted by atomic mass is 9.58. The summed E-state index contributed by atoms with van der Waals surface area (Å²) >= 11 is 0. The van der Waals surface area contributed by atoms with E-state index in [-0.39, 0.29) is 29.2 Å². The van der Waals surface area contributed by atoms with Crippen molar-refractivity contribution < 1.29 is 14.7 Å². The third kappa shape index (κ3) is 3.76. The van der Waals surface area contributed by atoms with E-state index in [0.717, 1.165) is 11.9 Å². The van der Waals surface area contributed by atoms with Crippen molar-refractivity contribution in [1.29, 1.82) is 0 Å². The molecule has 1 fully saturated rings. The van der Waals surface area contributed by atoms with Gasteiger partial charge in [-0.3, -0.25) is 9.59 Å². The molecule has 3 N–H and O–H groups in total. The summed E-state index contributed by atoms with van der Waals surface area (Å²) in [5.74, 6) is -0.366. The second kappa shape index (κ2) is 7.91. The normalized spacial score (nSPS) is 22.9.